The average molecular weight is 779 g/mol. The molecule has 0 aromatic heterocycles. The van der Waals surface area contributed by atoms with Crippen molar-refractivity contribution < 1.29 is 76.0 Å². The predicted octanol–water partition coefficient (Wildman–Crippen LogP) is -1.13. The van der Waals surface area contributed by atoms with Crippen LogP contribution in [0.1, 0.15) is 50.7 Å². The van der Waals surface area contributed by atoms with Gasteiger partial charge < -0.3 is 66.4 Å². The van der Waals surface area contributed by atoms with Crippen molar-refractivity contribution in [3.8, 4) is 0 Å². The van der Waals surface area contributed by atoms with Gasteiger partial charge in [0.15, 0.2) is 0 Å². The summed E-state index contributed by atoms with van der Waals surface area (Å²) in [5, 5.41) is 0. The van der Waals surface area contributed by atoms with Gasteiger partial charge in [-0.05, 0) is 38.8 Å². The summed E-state index contributed by atoms with van der Waals surface area (Å²) >= 11 is 0. The van der Waals surface area contributed by atoms with Crippen molar-refractivity contribution in [2.24, 2.45) is 11.8 Å². The first-order chi connectivity index (χ1) is 18.2. The van der Waals surface area contributed by atoms with E-state index in [1.54, 1.807) is 0 Å². The molecule has 3 rings (SSSR count). The second kappa shape index (κ2) is 17.0. The van der Waals surface area contributed by atoms with Gasteiger partial charge in [-0.3, -0.25) is 9.59 Å². The van der Waals surface area contributed by atoms with Crippen LogP contribution in [0.4, 0.5) is 0 Å². The molecule has 0 aliphatic heterocycles. The van der Waals surface area contributed by atoms with Crippen LogP contribution in [0, 0.1) is 11.8 Å². The minimum atomic E-state index is -0.438. The lowest BCUT2D eigenvalue weighted by Gasteiger charge is -2.49. The zero-order valence-electron chi connectivity index (χ0n) is 25.0. The Balaban J connectivity index is 0.00000400. The van der Waals surface area contributed by atoms with E-state index in [2.05, 4.69) is 41.8 Å². The summed E-state index contributed by atoms with van der Waals surface area (Å²) < 4.78 is 13.5. The number of benzene rings is 2. The van der Waals surface area contributed by atoms with Crippen molar-refractivity contribution in [1.29, 1.82) is 0 Å². The molecule has 0 saturated heterocycles. The highest BCUT2D eigenvalue weighted by Gasteiger charge is 2.59. The van der Waals surface area contributed by atoms with E-state index in [0.717, 1.165) is 59.4 Å². The molecule has 1 aliphatic rings. The van der Waals surface area contributed by atoms with Crippen molar-refractivity contribution in [2.45, 2.75) is 39.5 Å². The van der Waals surface area contributed by atoms with Crippen molar-refractivity contribution in [2.75, 3.05) is 66.6 Å². The molecule has 1 saturated carbocycles. The topological polar surface area (TPSA) is 52.6 Å². The summed E-state index contributed by atoms with van der Waals surface area (Å²) in [6, 6.07) is 19.8. The van der Waals surface area contributed by atoms with Crippen LogP contribution in [-0.4, -0.2) is 87.5 Å². The van der Waals surface area contributed by atoms with Gasteiger partial charge in [0.25, 0.3) is 0 Å². The number of carbonyl (C=O) groups excluding carboxylic acids is 2. The largest absolute Gasteiger partial charge is 1.00 e. The zero-order chi connectivity index (χ0) is 27.8. The number of quaternary nitrogens is 2. The molecule has 0 bridgehead atoms. The summed E-state index contributed by atoms with van der Waals surface area (Å²) in [4.78, 5) is 27.3. The first-order valence-corrected chi connectivity index (χ1v) is 14.3. The highest BCUT2D eigenvalue weighted by atomic mass is 127. The van der Waals surface area contributed by atoms with Crippen molar-refractivity contribution in [1.82, 2.24) is 0 Å². The van der Waals surface area contributed by atoms with Crippen molar-refractivity contribution in [3.63, 3.8) is 0 Å². The molecule has 0 atom stereocenters. The Morgan fingerprint density at radius 1 is 0.600 bits per heavy atom. The van der Waals surface area contributed by atoms with Gasteiger partial charge in [0, 0.05) is 11.8 Å². The molecule has 0 unspecified atom stereocenters. The number of halogens is 2. The molecule has 1 aliphatic carbocycles. The van der Waals surface area contributed by atoms with E-state index in [1.807, 2.05) is 60.7 Å². The maximum atomic E-state index is 13.7. The summed E-state index contributed by atoms with van der Waals surface area (Å²) in [6.07, 6.45) is 0. The van der Waals surface area contributed by atoms with Crippen LogP contribution >= 0.6 is 0 Å². The van der Waals surface area contributed by atoms with Gasteiger partial charge in [0.05, 0.1) is 52.1 Å². The number of carbonyl (C=O) groups is 2. The lowest BCUT2D eigenvalue weighted by Crippen LogP contribution is -3.00. The molecule has 1 fully saturated rings. The van der Waals surface area contributed by atoms with Crippen LogP contribution in [0.15, 0.2) is 60.7 Å². The second-order valence-corrected chi connectivity index (χ2v) is 11.2. The lowest BCUT2D eigenvalue weighted by atomic mass is 9.52. The Bertz CT molecular complexity index is 938. The molecule has 0 heterocycles. The standard InChI is InChI=1S/C32H48N2O4.2HI/c1-7-33(5,8-2)21-23-37-31(35)29-27(25-17-13-11-14-18-25)30(28(29)26-19-15-12-16-20-26)32(36)38-24-22-34(6,9-3)10-4;;/h11-20,27-30H,7-10,21-24H2,1-6H3;2*1H/q+2;;/p-2. The summed E-state index contributed by atoms with van der Waals surface area (Å²) in [6.45, 7) is 14.9. The predicted molar refractivity (Wildman–Crippen MR) is 152 cm³/mol. The van der Waals surface area contributed by atoms with E-state index >= 15 is 0 Å². The van der Waals surface area contributed by atoms with Crippen LogP contribution in [0.5, 0.6) is 0 Å². The Morgan fingerprint density at radius 3 is 1.18 bits per heavy atom. The van der Waals surface area contributed by atoms with E-state index < -0.39 is 11.8 Å². The molecule has 0 amide bonds. The van der Waals surface area contributed by atoms with Gasteiger partial charge in [0.2, 0.25) is 0 Å². The maximum Gasteiger partial charge on any atom is 0.310 e. The van der Waals surface area contributed by atoms with Crippen molar-refractivity contribution >= 4 is 11.9 Å². The zero-order valence-corrected chi connectivity index (χ0v) is 29.3. The van der Waals surface area contributed by atoms with Gasteiger partial charge in [-0.25, -0.2) is 0 Å². The van der Waals surface area contributed by atoms with Crippen LogP contribution in [0.25, 0.3) is 0 Å². The van der Waals surface area contributed by atoms with Crippen LogP contribution in [0.2, 0.25) is 0 Å². The highest BCUT2D eigenvalue weighted by Crippen LogP contribution is 2.58. The Kier molecular flexibility index (Phi) is 15.6. The first kappa shape index (κ1) is 36.8. The summed E-state index contributed by atoms with van der Waals surface area (Å²) in [7, 11) is 4.37. The van der Waals surface area contributed by atoms with Crippen LogP contribution in [-0.2, 0) is 19.1 Å². The molecule has 6 nitrogen and oxygen atoms in total. The monoisotopic (exact) mass is 778 g/mol. The smallest absolute Gasteiger partial charge is 0.310 e. The molecule has 0 spiro atoms. The molecule has 2 aromatic carbocycles. The maximum absolute atomic E-state index is 13.7. The number of hydrogen-bond donors (Lipinski definition) is 0. The molecular formula is C32H48I2N2O4. The van der Waals surface area contributed by atoms with E-state index in [0.29, 0.717) is 13.2 Å². The normalized spacial score (nSPS) is 20.4. The highest BCUT2D eigenvalue weighted by molar-refractivity contribution is 5.85. The molecule has 2 aromatic rings. The molecular weight excluding hydrogens is 730 g/mol. The summed E-state index contributed by atoms with van der Waals surface area (Å²) in [5.41, 5.74) is 1.96. The molecule has 0 radical (unpaired) electrons. The Morgan fingerprint density at radius 2 is 0.900 bits per heavy atom. The average Bonchev–Trinajstić information content (AvgIpc) is 2.93. The van der Waals surface area contributed by atoms with E-state index in [9.17, 15) is 9.59 Å². The number of nitrogens with zero attached hydrogens (tertiary/aromatic N) is 2. The Hall–Kier alpha value is -1.24. The number of hydrogen-bond acceptors (Lipinski definition) is 4. The summed E-state index contributed by atoms with van der Waals surface area (Å²) in [5.74, 6) is -1.89. The van der Waals surface area contributed by atoms with Crippen LogP contribution in [0.3, 0.4) is 0 Å². The van der Waals surface area contributed by atoms with Gasteiger partial charge in [-0.15, -0.1) is 0 Å². The number of likely N-dealkylation sites (N-methyl/N-ethyl adjacent to an activating group) is 2. The molecule has 40 heavy (non-hydrogen) atoms. The fourth-order valence-electron chi connectivity index (χ4n) is 5.52. The molecule has 8 heteroatoms. The molecule has 0 N–H and O–H groups in total. The van der Waals surface area contributed by atoms with Gasteiger partial charge in [-0.2, -0.15) is 0 Å². The van der Waals surface area contributed by atoms with E-state index in [1.165, 1.54) is 0 Å². The van der Waals surface area contributed by atoms with Gasteiger partial charge >= 0.3 is 11.9 Å². The fraction of sp³-hybridized carbons (Fsp3) is 0.562. The lowest BCUT2D eigenvalue weighted by molar-refractivity contribution is -0.906. The number of esters is 2. The SMILES string of the molecule is CC[N+](C)(CC)CCOC(=O)C1C(c2ccccc2)C(C(=O)OCC[N+](C)(CC)CC)C1c1ccccc1.[I-].[I-]. The molecule has 224 valence electrons. The minimum Gasteiger partial charge on any atom is -1.00 e. The third kappa shape index (κ3) is 8.88. The van der Waals surface area contributed by atoms with Crippen molar-refractivity contribution in [3.05, 3.63) is 71.8 Å². The minimum absolute atomic E-state index is 0. The van der Waals surface area contributed by atoms with E-state index in [4.69, 9.17) is 9.47 Å². The number of ether oxygens (including phenoxy) is 2. The fourth-order valence-corrected chi connectivity index (χ4v) is 5.52. The van der Waals surface area contributed by atoms with Gasteiger partial charge in [0.1, 0.15) is 26.3 Å². The van der Waals surface area contributed by atoms with Gasteiger partial charge in [-0.1, -0.05) is 60.7 Å². The first-order valence-electron chi connectivity index (χ1n) is 14.3. The Labute approximate surface area is 276 Å². The second-order valence-electron chi connectivity index (χ2n) is 11.2. The quantitative estimate of drug-likeness (QED) is 0.139. The third-order valence-corrected chi connectivity index (χ3v) is 9.27. The van der Waals surface area contributed by atoms with Crippen LogP contribution < -0.4 is 48.0 Å². The third-order valence-electron chi connectivity index (χ3n) is 9.27. The van der Waals surface area contributed by atoms with E-state index in [-0.39, 0.29) is 71.7 Å². The number of rotatable bonds is 14.